The molecule has 0 bridgehead atoms. The van der Waals surface area contributed by atoms with Crippen LogP contribution in [0.15, 0.2) is 0 Å². The van der Waals surface area contributed by atoms with Crippen molar-refractivity contribution in [1.29, 1.82) is 0 Å². The van der Waals surface area contributed by atoms with Crippen LogP contribution in [0, 0.1) is 5.92 Å². The van der Waals surface area contributed by atoms with Gasteiger partial charge in [-0.05, 0) is 20.8 Å². The number of likely N-dealkylation sites (tertiary alicyclic amines) is 1. The van der Waals surface area contributed by atoms with Crippen molar-refractivity contribution in [1.82, 2.24) is 10.4 Å². The highest BCUT2D eigenvalue weighted by atomic mass is 16.6. The maximum Gasteiger partial charge on any atom is 0.410 e. The summed E-state index contributed by atoms with van der Waals surface area (Å²) in [6.45, 7) is 5.93. The maximum atomic E-state index is 11.4. The highest BCUT2D eigenvalue weighted by molar-refractivity contribution is 5.81. The van der Waals surface area contributed by atoms with Crippen molar-refractivity contribution in [2.75, 3.05) is 13.1 Å². The minimum Gasteiger partial charge on any atom is -0.444 e. The van der Waals surface area contributed by atoms with Crippen LogP contribution in [0.5, 0.6) is 0 Å². The summed E-state index contributed by atoms with van der Waals surface area (Å²) in [5.41, 5.74) is 1.03. The summed E-state index contributed by atoms with van der Waals surface area (Å²) in [5, 5.41) is 8.35. The number of amides is 2. The fourth-order valence-corrected chi connectivity index (χ4v) is 1.21. The van der Waals surface area contributed by atoms with E-state index < -0.39 is 17.6 Å². The number of nitrogens with zero attached hydrogens (tertiary/aromatic N) is 1. The van der Waals surface area contributed by atoms with Gasteiger partial charge in [0.25, 0.3) is 0 Å². The Morgan fingerprint density at radius 1 is 1.40 bits per heavy atom. The monoisotopic (exact) mass is 216 g/mol. The van der Waals surface area contributed by atoms with Crippen LogP contribution in [0.25, 0.3) is 0 Å². The second-order valence-corrected chi connectivity index (χ2v) is 4.56. The van der Waals surface area contributed by atoms with Crippen molar-refractivity contribution < 1.29 is 19.5 Å². The molecule has 1 heterocycles. The Hall–Kier alpha value is -1.30. The van der Waals surface area contributed by atoms with E-state index in [-0.39, 0.29) is 5.92 Å². The van der Waals surface area contributed by atoms with Crippen LogP contribution >= 0.6 is 0 Å². The van der Waals surface area contributed by atoms with Crippen molar-refractivity contribution >= 4 is 12.0 Å². The summed E-state index contributed by atoms with van der Waals surface area (Å²) >= 11 is 0. The Balaban J connectivity index is 2.33. The third kappa shape index (κ3) is 3.09. The first-order valence-electron chi connectivity index (χ1n) is 4.75. The number of ether oxygens (including phenoxy) is 1. The number of hydrogen-bond donors (Lipinski definition) is 2. The number of hydroxylamine groups is 1. The molecule has 6 heteroatoms. The molecule has 0 unspecified atom stereocenters. The average molecular weight is 216 g/mol. The number of nitrogens with one attached hydrogen (secondary N) is 1. The lowest BCUT2D eigenvalue weighted by Gasteiger charge is -2.38. The molecule has 1 saturated heterocycles. The molecule has 0 aromatic heterocycles. The van der Waals surface area contributed by atoms with Crippen LogP contribution in [0.1, 0.15) is 20.8 Å². The SMILES string of the molecule is CC(C)(C)OC(=O)N1CC(C(=O)NO)C1. The first-order chi connectivity index (χ1) is 6.83. The van der Waals surface area contributed by atoms with Crippen molar-refractivity contribution in [3.05, 3.63) is 0 Å². The van der Waals surface area contributed by atoms with E-state index in [1.165, 1.54) is 4.90 Å². The zero-order valence-corrected chi connectivity index (χ0v) is 9.11. The van der Waals surface area contributed by atoms with Gasteiger partial charge in [0, 0.05) is 13.1 Å². The van der Waals surface area contributed by atoms with Crippen molar-refractivity contribution in [3.8, 4) is 0 Å². The van der Waals surface area contributed by atoms with Gasteiger partial charge in [0.05, 0.1) is 5.92 Å². The van der Waals surface area contributed by atoms with Crippen molar-refractivity contribution in [3.63, 3.8) is 0 Å². The first-order valence-corrected chi connectivity index (χ1v) is 4.75. The smallest absolute Gasteiger partial charge is 0.410 e. The topological polar surface area (TPSA) is 78.9 Å². The fraction of sp³-hybridized carbons (Fsp3) is 0.778. The molecule has 86 valence electrons. The van der Waals surface area contributed by atoms with E-state index in [9.17, 15) is 9.59 Å². The second-order valence-electron chi connectivity index (χ2n) is 4.56. The van der Waals surface area contributed by atoms with Crippen molar-refractivity contribution in [2.24, 2.45) is 5.92 Å². The van der Waals surface area contributed by atoms with Crippen LogP contribution in [-0.4, -0.2) is 40.8 Å². The quantitative estimate of drug-likeness (QED) is 0.490. The standard InChI is InChI=1S/C9H16N2O4/c1-9(2,3)15-8(13)11-4-6(5-11)7(12)10-14/h6,14H,4-5H2,1-3H3,(H,10,12). The predicted octanol–water partition coefficient (Wildman–Crippen LogP) is 0.359. The zero-order chi connectivity index (χ0) is 11.6. The number of carbonyl (C=O) groups is 2. The van der Waals surface area contributed by atoms with Gasteiger partial charge < -0.3 is 9.64 Å². The van der Waals surface area contributed by atoms with Gasteiger partial charge in [-0.3, -0.25) is 10.0 Å². The summed E-state index contributed by atoms with van der Waals surface area (Å²) in [4.78, 5) is 23.7. The van der Waals surface area contributed by atoms with Gasteiger partial charge in [0.2, 0.25) is 5.91 Å². The highest BCUT2D eigenvalue weighted by Crippen LogP contribution is 2.19. The molecule has 0 aliphatic carbocycles. The average Bonchev–Trinajstić information content (AvgIpc) is 1.97. The molecule has 0 aromatic carbocycles. The summed E-state index contributed by atoms with van der Waals surface area (Å²) < 4.78 is 5.10. The molecule has 6 nitrogen and oxygen atoms in total. The molecule has 1 fully saturated rings. The van der Waals surface area contributed by atoms with Gasteiger partial charge >= 0.3 is 6.09 Å². The van der Waals surface area contributed by atoms with Gasteiger partial charge in [-0.15, -0.1) is 0 Å². The Labute approximate surface area is 88.1 Å². The normalized spacial score (nSPS) is 16.9. The zero-order valence-electron chi connectivity index (χ0n) is 9.11. The van der Waals surface area contributed by atoms with Crippen LogP contribution in [0.3, 0.4) is 0 Å². The second kappa shape index (κ2) is 4.06. The Morgan fingerprint density at radius 3 is 2.33 bits per heavy atom. The third-order valence-electron chi connectivity index (χ3n) is 2.01. The molecule has 1 aliphatic rings. The van der Waals surface area contributed by atoms with E-state index in [4.69, 9.17) is 9.94 Å². The molecule has 1 rings (SSSR count). The van der Waals surface area contributed by atoms with Gasteiger partial charge in [0.15, 0.2) is 0 Å². The lowest BCUT2D eigenvalue weighted by atomic mass is 10.0. The molecule has 0 aromatic rings. The van der Waals surface area contributed by atoms with Gasteiger partial charge in [-0.1, -0.05) is 0 Å². The summed E-state index contributed by atoms with van der Waals surface area (Å²) in [5.74, 6) is -0.794. The van der Waals surface area contributed by atoms with Crippen LogP contribution in [-0.2, 0) is 9.53 Å². The Morgan fingerprint density at radius 2 is 1.93 bits per heavy atom. The summed E-state index contributed by atoms with van der Waals surface area (Å²) in [7, 11) is 0. The van der Waals surface area contributed by atoms with Crippen LogP contribution in [0.2, 0.25) is 0 Å². The van der Waals surface area contributed by atoms with E-state index in [1.807, 2.05) is 0 Å². The fourth-order valence-electron chi connectivity index (χ4n) is 1.21. The maximum absolute atomic E-state index is 11.4. The number of carbonyl (C=O) groups excluding carboxylic acids is 2. The molecule has 15 heavy (non-hydrogen) atoms. The predicted molar refractivity (Wildman–Crippen MR) is 51.2 cm³/mol. The molecule has 0 spiro atoms. The molecule has 2 amide bonds. The lowest BCUT2D eigenvalue weighted by molar-refractivity contribution is -0.138. The molecule has 0 radical (unpaired) electrons. The summed E-state index contributed by atoms with van der Waals surface area (Å²) in [6.07, 6.45) is -0.426. The van der Waals surface area contributed by atoms with Gasteiger partial charge in [0.1, 0.15) is 5.60 Å². The molecule has 1 aliphatic heterocycles. The molecular formula is C9H16N2O4. The minimum absolute atomic E-state index is 0.293. The first kappa shape index (κ1) is 11.8. The van der Waals surface area contributed by atoms with E-state index in [1.54, 1.807) is 26.3 Å². The molecule has 0 atom stereocenters. The largest absolute Gasteiger partial charge is 0.444 e. The van der Waals surface area contributed by atoms with Gasteiger partial charge in [-0.2, -0.15) is 0 Å². The lowest BCUT2D eigenvalue weighted by Crippen LogP contribution is -2.56. The number of hydrogen-bond acceptors (Lipinski definition) is 4. The van der Waals surface area contributed by atoms with E-state index in [0.29, 0.717) is 13.1 Å². The molecule has 2 N–H and O–H groups in total. The van der Waals surface area contributed by atoms with Crippen LogP contribution < -0.4 is 5.48 Å². The third-order valence-corrected chi connectivity index (χ3v) is 2.01. The number of rotatable bonds is 1. The van der Waals surface area contributed by atoms with E-state index in [2.05, 4.69) is 0 Å². The summed E-state index contributed by atoms with van der Waals surface area (Å²) in [6, 6.07) is 0. The van der Waals surface area contributed by atoms with E-state index >= 15 is 0 Å². The Kier molecular flexibility index (Phi) is 3.18. The highest BCUT2D eigenvalue weighted by Gasteiger charge is 2.37. The minimum atomic E-state index is -0.526. The van der Waals surface area contributed by atoms with E-state index in [0.717, 1.165) is 0 Å². The van der Waals surface area contributed by atoms with Crippen molar-refractivity contribution in [2.45, 2.75) is 26.4 Å². The molecular weight excluding hydrogens is 200 g/mol. The Bertz CT molecular complexity index is 266. The van der Waals surface area contributed by atoms with Gasteiger partial charge in [-0.25, -0.2) is 10.3 Å². The van der Waals surface area contributed by atoms with Crippen LogP contribution in [0.4, 0.5) is 4.79 Å². The molecule has 0 saturated carbocycles.